The Morgan fingerprint density at radius 1 is 1.50 bits per heavy atom. The monoisotopic (exact) mass is 298 g/mol. The van der Waals surface area contributed by atoms with Crippen LogP contribution in [0, 0.1) is 0 Å². The summed E-state index contributed by atoms with van der Waals surface area (Å²) in [6, 6.07) is 1.13. The summed E-state index contributed by atoms with van der Waals surface area (Å²) in [7, 11) is 0. The second-order valence-electron chi connectivity index (χ2n) is 5.36. The van der Waals surface area contributed by atoms with Gasteiger partial charge in [-0.15, -0.1) is 11.3 Å². The van der Waals surface area contributed by atoms with Crippen molar-refractivity contribution in [3.8, 4) is 0 Å². The van der Waals surface area contributed by atoms with Gasteiger partial charge in [0.05, 0.1) is 11.2 Å². The van der Waals surface area contributed by atoms with E-state index in [1.54, 1.807) is 5.38 Å². The molecule has 0 aliphatic carbocycles. The molecule has 1 fully saturated rings. The molecule has 1 aliphatic rings. The zero-order valence-corrected chi connectivity index (χ0v) is 12.3. The maximum Gasteiger partial charge on any atom is 0.338 e. The lowest BCUT2D eigenvalue weighted by atomic mass is 9.94. The molecule has 0 aromatic carbocycles. The third-order valence-corrected chi connectivity index (χ3v) is 3.98. The number of carbonyl (C=O) groups is 2. The van der Waals surface area contributed by atoms with E-state index >= 15 is 0 Å². The summed E-state index contributed by atoms with van der Waals surface area (Å²) in [5.74, 6) is -1.05. The fourth-order valence-corrected chi connectivity index (χ4v) is 3.03. The van der Waals surface area contributed by atoms with Crippen LogP contribution >= 0.6 is 11.3 Å². The van der Waals surface area contributed by atoms with Crippen LogP contribution in [0.3, 0.4) is 0 Å². The smallest absolute Gasteiger partial charge is 0.338 e. The molecule has 1 aromatic rings. The molecular formula is C13H18N2O4S. The van der Waals surface area contributed by atoms with Gasteiger partial charge in [-0.1, -0.05) is 0 Å². The van der Waals surface area contributed by atoms with Crippen molar-refractivity contribution < 1.29 is 19.4 Å². The van der Waals surface area contributed by atoms with Crippen molar-refractivity contribution in [1.29, 1.82) is 0 Å². The molecule has 6 nitrogen and oxygen atoms in total. The van der Waals surface area contributed by atoms with Gasteiger partial charge in [0.1, 0.15) is 5.00 Å². The Bertz CT molecular complexity index is 512. The van der Waals surface area contributed by atoms with Gasteiger partial charge in [0, 0.05) is 12.6 Å². The summed E-state index contributed by atoms with van der Waals surface area (Å²) in [4.78, 5) is 22.9. The number of hydrogen-bond donors (Lipinski definition) is 3. The fourth-order valence-electron chi connectivity index (χ4n) is 2.25. The van der Waals surface area contributed by atoms with Crippen molar-refractivity contribution in [3.63, 3.8) is 0 Å². The fraction of sp³-hybridized carbons (Fsp3) is 0.538. The molecule has 1 aromatic heterocycles. The first-order valence-electron chi connectivity index (χ1n) is 6.40. The van der Waals surface area contributed by atoms with Gasteiger partial charge >= 0.3 is 12.0 Å². The highest BCUT2D eigenvalue weighted by molar-refractivity contribution is 7.14. The van der Waals surface area contributed by atoms with E-state index in [4.69, 9.17) is 9.84 Å². The number of urea groups is 1. The summed E-state index contributed by atoms with van der Waals surface area (Å²) in [6.07, 6.45) is 1.49. The highest BCUT2D eigenvalue weighted by Crippen LogP contribution is 2.25. The molecule has 7 heteroatoms. The number of ether oxygens (including phenoxy) is 1. The van der Waals surface area contributed by atoms with E-state index in [1.807, 2.05) is 13.8 Å². The van der Waals surface area contributed by atoms with E-state index in [0.717, 1.165) is 12.8 Å². The standard InChI is InChI=1S/C13H18N2O4S/c1-13(2)7-8(3-5-19-13)14-12(18)15-10-9(11(16)17)4-6-20-10/h4,6,8H,3,5,7H2,1-2H3,(H,16,17)(H2,14,15,18). The van der Waals surface area contributed by atoms with Gasteiger partial charge in [-0.3, -0.25) is 5.32 Å². The molecule has 1 unspecified atom stereocenters. The van der Waals surface area contributed by atoms with Crippen molar-refractivity contribution >= 4 is 28.3 Å². The molecular weight excluding hydrogens is 280 g/mol. The number of anilines is 1. The van der Waals surface area contributed by atoms with Crippen molar-refractivity contribution in [2.24, 2.45) is 0 Å². The van der Waals surface area contributed by atoms with Crippen LogP contribution in [-0.2, 0) is 4.74 Å². The second-order valence-corrected chi connectivity index (χ2v) is 6.28. The van der Waals surface area contributed by atoms with Gasteiger partial charge in [0.2, 0.25) is 0 Å². The van der Waals surface area contributed by atoms with Gasteiger partial charge < -0.3 is 15.2 Å². The number of hydrogen-bond acceptors (Lipinski definition) is 4. The Hall–Kier alpha value is -1.60. The van der Waals surface area contributed by atoms with Crippen LogP contribution in [0.1, 0.15) is 37.0 Å². The Morgan fingerprint density at radius 2 is 2.25 bits per heavy atom. The maximum absolute atomic E-state index is 11.9. The summed E-state index contributed by atoms with van der Waals surface area (Å²) < 4.78 is 5.59. The van der Waals surface area contributed by atoms with Gasteiger partial charge in [-0.2, -0.15) is 0 Å². The summed E-state index contributed by atoms with van der Waals surface area (Å²) >= 11 is 1.19. The average molecular weight is 298 g/mol. The van der Waals surface area contributed by atoms with Crippen molar-refractivity contribution in [2.75, 3.05) is 11.9 Å². The Morgan fingerprint density at radius 3 is 2.90 bits per heavy atom. The first-order valence-corrected chi connectivity index (χ1v) is 7.27. The van der Waals surface area contributed by atoms with Crippen LogP contribution in [0.4, 0.5) is 9.80 Å². The average Bonchev–Trinajstić information content (AvgIpc) is 2.75. The first kappa shape index (κ1) is 14.8. The minimum Gasteiger partial charge on any atom is -0.478 e. The largest absolute Gasteiger partial charge is 0.478 e. The number of nitrogens with one attached hydrogen (secondary N) is 2. The number of carbonyl (C=O) groups excluding carboxylic acids is 1. The van der Waals surface area contributed by atoms with Crippen LogP contribution in [0.25, 0.3) is 0 Å². The number of amides is 2. The van der Waals surface area contributed by atoms with E-state index in [0.29, 0.717) is 11.6 Å². The molecule has 1 aliphatic heterocycles. The van der Waals surface area contributed by atoms with Gasteiger partial charge in [0.25, 0.3) is 0 Å². The molecule has 0 spiro atoms. The van der Waals surface area contributed by atoms with Crippen LogP contribution in [0.15, 0.2) is 11.4 Å². The summed E-state index contributed by atoms with van der Waals surface area (Å²) in [5.41, 5.74) is -0.136. The number of carboxylic acids is 1. The lowest BCUT2D eigenvalue weighted by molar-refractivity contribution is -0.0609. The lowest BCUT2D eigenvalue weighted by Crippen LogP contribution is -2.47. The zero-order valence-electron chi connectivity index (χ0n) is 11.4. The minimum atomic E-state index is -1.05. The summed E-state index contributed by atoms with van der Waals surface area (Å²) in [6.45, 7) is 4.58. The SMILES string of the molecule is CC1(C)CC(NC(=O)Nc2sccc2C(=O)O)CCO1. The highest BCUT2D eigenvalue weighted by atomic mass is 32.1. The minimum absolute atomic E-state index is 0.0343. The van der Waals surface area contributed by atoms with Crippen LogP contribution in [0.5, 0.6) is 0 Å². The van der Waals surface area contributed by atoms with Crippen LogP contribution < -0.4 is 10.6 Å². The van der Waals surface area contributed by atoms with Crippen LogP contribution in [-0.4, -0.2) is 35.4 Å². The van der Waals surface area contributed by atoms with Crippen LogP contribution in [0.2, 0.25) is 0 Å². The molecule has 0 saturated carbocycles. The Labute approximate surface area is 121 Å². The quantitative estimate of drug-likeness (QED) is 0.800. The molecule has 110 valence electrons. The predicted molar refractivity (Wildman–Crippen MR) is 76.5 cm³/mol. The molecule has 1 saturated heterocycles. The van der Waals surface area contributed by atoms with E-state index in [1.165, 1.54) is 17.4 Å². The molecule has 2 rings (SSSR count). The number of aromatic carboxylic acids is 1. The van der Waals surface area contributed by atoms with Crippen molar-refractivity contribution in [1.82, 2.24) is 5.32 Å². The molecule has 2 heterocycles. The topological polar surface area (TPSA) is 87.7 Å². The van der Waals surface area contributed by atoms with Gasteiger partial charge in [-0.05, 0) is 38.1 Å². The second kappa shape index (κ2) is 5.80. The van der Waals surface area contributed by atoms with Crippen molar-refractivity contribution in [3.05, 3.63) is 17.0 Å². The molecule has 3 N–H and O–H groups in total. The number of carboxylic acid groups (broad SMARTS) is 1. The first-order chi connectivity index (χ1) is 9.37. The van der Waals surface area contributed by atoms with E-state index in [-0.39, 0.29) is 23.2 Å². The molecule has 20 heavy (non-hydrogen) atoms. The van der Waals surface area contributed by atoms with E-state index in [2.05, 4.69) is 10.6 Å². The summed E-state index contributed by atoms with van der Waals surface area (Å²) in [5, 5.41) is 16.4. The lowest BCUT2D eigenvalue weighted by Gasteiger charge is -2.35. The number of rotatable bonds is 3. The van der Waals surface area contributed by atoms with Gasteiger partial charge in [0.15, 0.2) is 0 Å². The third kappa shape index (κ3) is 3.71. The molecule has 0 bridgehead atoms. The third-order valence-electron chi connectivity index (χ3n) is 3.16. The predicted octanol–water partition coefficient (Wildman–Crippen LogP) is 2.53. The molecule has 0 radical (unpaired) electrons. The normalized spacial score (nSPS) is 21.2. The molecule has 1 atom stereocenters. The maximum atomic E-state index is 11.9. The zero-order chi connectivity index (χ0) is 14.8. The van der Waals surface area contributed by atoms with E-state index < -0.39 is 5.97 Å². The number of thiophene rings is 1. The highest BCUT2D eigenvalue weighted by Gasteiger charge is 2.29. The van der Waals surface area contributed by atoms with Gasteiger partial charge in [-0.25, -0.2) is 9.59 Å². The van der Waals surface area contributed by atoms with Crippen molar-refractivity contribution in [2.45, 2.75) is 38.3 Å². The molecule has 2 amide bonds. The van der Waals surface area contributed by atoms with E-state index in [9.17, 15) is 9.59 Å². The Balaban J connectivity index is 1.92. The Kier molecular flexibility index (Phi) is 4.29.